The van der Waals surface area contributed by atoms with Gasteiger partial charge in [-0.2, -0.15) is 0 Å². The van der Waals surface area contributed by atoms with E-state index in [2.05, 4.69) is 53.9 Å². The van der Waals surface area contributed by atoms with Gasteiger partial charge in [-0.25, -0.2) is 8.78 Å². The predicted octanol–water partition coefficient (Wildman–Crippen LogP) is 8.82. The molecule has 1 heterocycles. The number of amides is 1. The van der Waals surface area contributed by atoms with E-state index in [1.165, 1.54) is 24.3 Å². The Morgan fingerprint density at radius 1 is 0.897 bits per heavy atom. The normalized spacial score (nSPS) is 13.2. The van der Waals surface area contributed by atoms with E-state index in [9.17, 15) is 13.6 Å². The number of carbonyl (C=O) groups excluding carboxylic acids is 1. The summed E-state index contributed by atoms with van der Waals surface area (Å²) in [5, 5.41) is 2.85. The van der Waals surface area contributed by atoms with Crippen LogP contribution in [0.15, 0.2) is 109 Å². The Hall–Kier alpha value is -4.35. The van der Waals surface area contributed by atoms with Crippen molar-refractivity contribution in [3.05, 3.63) is 148 Å². The minimum Gasteiger partial charge on any atom is -0.348 e. The molecule has 0 bridgehead atoms. The molecule has 0 fully saturated rings. The van der Waals surface area contributed by atoms with E-state index in [0.717, 1.165) is 55.1 Å². The van der Waals surface area contributed by atoms with Gasteiger partial charge >= 0.3 is 0 Å². The van der Waals surface area contributed by atoms with Gasteiger partial charge in [-0.3, -0.25) is 4.79 Å². The van der Waals surface area contributed by atoms with Gasteiger partial charge in [0, 0.05) is 22.4 Å². The number of nitrogens with one attached hydrogen (secondary N) is 1. The molecule has 0 spiro atoms. The van der Waals surface area contributed by atoms with Crippen LogP contribution in [0.1, 0.15) is 40.5 Å². The average molecular weight is 536 g/mol. The summed E-state index contributed by atoms with van der Waals surface area (Å²) in [6.45, 7) is 2.25. The predicted molar refractivity (Wildman–Crippen MR) is 158 cm³/mol. The number of hydrogen-bond acceptors (Lipinski definition) is 2. The highest BCUT2D eigenvalue weighted by atomic mass is 32.1. The van der Waals surface area contributed by atoms with Gasteiger partial charge in [0.05, 0.1) is 0 Å². The van der Waals surface area contributed by atoms with Gasteiger partial charge < -0.3 is 5.32 Å². The van der Waals surface area contributed by atoms with Crippen LogP contribution in [0.5, 0.6) is 0 Å². The van der Waals surface area contributed by atoms with Crippen LogP contribution in [0.4, 0.5) is 8.78 Å². The molecule has 1 amide bonds. The van der Waals surface area contributed by atoms with Gasteiger partial charge in [-0.05, 0) is 82.6 Å². The second-order valence-electron chi connectivity index (χ2n) is 9.29. The molecule has 1 N–H and O–H groups in total. The second kappa shape index (κ2) is 12.0. The van der Waals surface area contributed by atoms with Crippen LogP contribution in [0.2, 0.25) is 0 Å². The first-order valence-electron chi connectivity index (χ1n) is 12.7. The highest BCUT2D eigenvalue weighted by molar-refractivity contribution is 7.17. The summed E-state index contributed by atoms with van der Waals surface area (Å²) >= 11 is 1.70. The van der Waals surface area contributed by atoms with E-state index in [1.54, 1.807) is 29.5 Å². The van der Waals surface area contributed by atoms with Gasteiger partial charge in [0.1, 0.15) is 11.6 Å². The third kappa shape index (κ3) is 6.57. The number of fused-ring (bicyclic) bond motifs is 1. The molecule has 1 aliphatic carbocycles. The molecular formula is C34H27F2NOS. The molecule has 0 saturated heterocycles. The summed E-state index contributed by atoms with van der Waals surface area (Å²) in [4.78, 5) is 14.7. The smallest absolute Gasteiger partial charge is 0.244 e. The Morgan fingerprint density at radius 3 is 2.28 bits per heavy atom. The Balaban J connectivity index is 1.36. The van der Waals surface area contributed by atoms with E-state index < -0.39 is 0 Å². The van der Waals surface area contributed by atoms with Gasteiger partial charge in [0.25, 0.3) is 0 Å². The van der Waals surface area contributed by atoms with Crippen molar-refractivity contribution in [3.63, 3.8) is 0 Å². The highest BCUT2D eigenvalue weighted by Crippen LogP contribution is 2.39. The maximum absolute atomic E-state index is 13.5. The van der Waals surface area contributed by atoms with Gasteiger partial charge in [-0.1, -0.05) is 78.9 Å². The summed E-state index contributed by atoms with van der Waals surface area (Å²) in [5.74, 6) is -0.743. The number of thiophene rings is 1. The lowest BCUT2D eigenvalue weighted by atomic mass is 9.97. The first-order chi connectivity index (χ1) is 19.0. The number of benzene rings is 3. The van der Waals surface area contributed by atoms with Crippen molar-refractivity contribution >= 4 is 34.5 Å². The molecule has 0 atom stereocenters. The van der Waals surface area contributed by atoms with E-state index in [4.69, 9.17) is 0 Å². The van der Waals surface area contributed by atoms with Gasteiger partial charge in [0.15, 0.2) is 0 Å². The first kappa shape index (κ1) is 26.3. The Morgan fingerprint density at radius 2 is 1.56 bits per heavy atom. The molecule has 1 aromatic heterocycles. The van der Waals surface area contributed by atoms with Crippen LogP contribution in [0.3, 0.4) is 0 Å². The zero-order valence-corrected chi connectivity index (χ0v) is 22.3. The van der Waals surface area contributed by atoms with Crippen molar-refractivity contribution in [1.29, 1.82) is 0 Å². The molecule has 5 rings (SSSR count). The number of hydrogen-bond donors (Lipinski definition) is 1. The molecule has 194 valence electrons. The van der Waals surface area contributed by atoms with Gasteiger partial charge in [0.2, 0.25) is 5.91 Å². The SMILES string of the molecule is CC(=CC(=O)NCc1ccc(F)cc1)c1ccc(C2=CCC=CC=Cc3cc(-c4ccc(F)cc4)sc32)cc1. The maximum Gasteiger partial charge on any atom is 0.244 e. The lowest BCUT2D eigenvalue weighted by Crippen LogP contribution is -2.20. The fourth-order valence-corrected chi connectivity index (χ4v) is 5.59. The van der Waals surface area contributed by atoms with Crippen molar-refractivity contribution in [2.45, 2.75) is 19.9 Å². The van der Waals surface area contributed by atoms with E-state index in [0.29, 0.717) is 6.54 Å². The molecule has 1 aliphatic rings. The second-order valence-corrected chi connectivity index (χ2v) is 10.3. The van der Waals surface area contributed by atoms with Crippen LogP contribution in [-0.4, -0.2) is 5.91 Å². The minimum atomic E-state index is -0.300. The fraction of sp³-hybridized carbons (Fsp3) is 0.0882. The largest absolute Gasteiger partial charge is 0.348 e. The standard InChI is InChI=1S/C34H27F2NOS/c1-23(20-33(38)37-22-24-8-16-29(35)17-9-24)25-10-12-26(13-11-25)31-7-5-3-2-4-6-28-21-32(39-34(28)31)27-14-18-30(36)19-15-27/h2-4,6-21H,5,22H2,1H3,(H,37,38). The number of carbonyl (C=O) groups is 1. The topological polar surface area (TPSA) is 29.1 Å². The third-order valence-electron chi connectivity index (χ3n) is 6.49. The zero-order chi connectivity index (χ0) is 27.2. The molecule has 0 unspecified atom stereocenters. The van der Waals surface area contributed by atoms with E-state index in [1.807, 2.05) is 31.2 Å². The van der Waals surface area contributed by atoms with Gasteiger partial charge in [-0.15, -0.1) is 11.3 Å². The first-order valence-corrected chi connectivity index (χ1v) is 13.5. The van der Waals surface area contributed by atoms with Crippen LogP contribution in [0, 0.1) is 11.6 Å². The Kier molecular flexibility index (Phi) is 8.09. The molecule has 4 aromatic rings. The number of halogens is 2. The average Bonchev–Trinajstić information content (AvgIpc) is 3.39. The highest BCUT2D eigenvalue weighted by Gasteiger charge is 2.15. The lowest BCUT2D eigenvalue weighted by molar-refractivity contribution is -0.116. The third-order valence-corrected chi connectivity index (χ3v) is 7.73. The Labute approximate surface area is 231 Å². The molecule has 0 saturated carbocycles. The van der Waals surface area contributed by atoms with Crippen LogP contribution < -0.4 is 5.32 Å². The summed E-state index contributed by atoms with van der Waals surface area (Å²) in [6.07, 6.45) is 13.0. The molecular weight excluding hydrogens is 508 g/mol. The van der Waals surface area contributed by atoms with Crippen LogP contribution in [-0.2, 0) is 11.3 Å². The molecule has 39 heavy (non-hydrogen) atoms. The molecule has 3 aromatic carbocycles. The van der Waals surface area contributed by atoms with Crippen molar-refractivity contribution in [2.24, 2.45) is 0 Å². The molecule has 5 heteroatoms. The summed E-state index contributed by atoms with van der Waals surface area (Å²) in [5.41, 5.74) is 6.98. The van der Waals surface area contributed by atoms with E-state index in [-0.39, 0.29) is 17.5 Å². The van der Waals surface area contributed by atoms with E-state index >= 15 is 0 Å². The van der Waals surface area contributed by atoms with Crippen molar-refractivity contribution in [2.75, 3.05) is 0 Å². The number of allylic oxidation sites excluding steroid dienone is 5. The molecule has 0 aliphatic heterocycles. The summed E-state index contributed by atoms with van der Waals surface area (Å²) in [7, 11) is 0. The molecule has 0 radical (unpaired) electrons. The van der Waals surface area contributed by atoms with Crippen LogP contribution >= 0.6 is 11.3 Å². The maximum atomic E-state index is 13.5. The summed E-state index contributed by atoms with van der Waals surface area (Å²) in [6, 6.07) is 23.1. The Bertz CT molecular complexity index is 1590. The number of rotatable bonds is 6. The zero-order valence-electron chi connectivity index (χ0n) is 21.5. The lowest BCUT2D eigenvalue weighted by Gasteiger charge is -2.10. The van der Waals surface area contributed by atoms with Crippen molar-refractivity contribution in [3.8, 4) is 10.4 Å². The monoisotopic (exact) mass is 535 g/mol. The van der Waals surface area contributed by atoms with Crippen molar-refractivity contribution in [1.82, 2.24) is 5.32 Å². The van der Waals surface area contributed by atoms with Crippen LogP contribution in [0.25, 0.3) is 27.7 Å². The summed E-state index contributed by atoms with van der Waals surface area (Å²) < 4.78 is 26.6. The fourth-order valence-electron chi connectivity index (χ4n) is 4.37. The van der Waals surface area contributed by atoms with Crippen molar-refractivity contribution < 1.29 is 13.6 Å². The minimum absolute atomic E-state index is 0.199. The molecule has 2 nitrogen and oxygen atoms in total. The quantitative estimate of drug-likeness (QED) is 0.246.